The van der Waals surface area contributed by atoms with Gasteiger partial charge in [-0.1, -0.05) is 0 Å². The van der Waals surface area contributed by atoms with E-state index in [2.05, 4.69) is 9.97 Å². The number of nitrogens with one attached hydrogen (secondary N) is 1. The number of rotatable bonds is 3. The van der Waals surface area contributed by atoms with Crippen molar-refractivity contribution in [2.24, 2.45) is 0 Å². The molecule has 1 aromatic heterocycles. The van der Waals surface area contributed by atoms with Crippen LogP contribution in [-0.4, -0.2) is 23.7 Å². The molecule has 0 radical (unpaired) electrons. The quantitative estimate of drug-likeness (QED) is 0.845. The third kappa shape index (κ3) is 1.97. The minimum Gasteiger partial charge on any atom is -0.384 e. The molecule has 0 unspecified atom stereocenters. The summed E-state index contributed by atoms with van der Waals surface area (Å²) >= 11 is 0. The molecule has 2 aromatic rings. The Morgan fingerprint density at radius 2 is 2.07 bits per heavy atom. The highest BCUT2D eigenvalue weighted by atomic mass is 19.2. The minimum atomic E-state index is -0.882. The zero-order valence-corrected chi connectivity index (χ0v) is 8.18. The van der Waals surface area contributed by atoms with Crippen LogP contribution in [0.5, 0.6) is 0 Å². The number of hydrogen-bond acceptors (Lipinski definition) is 2. The van der Waals surface area contributed by atoms with Gasteiger partial charge in [0.1, 0.15) is 5.82 Å². The highest BCUT2D eigenvalue weighted by Gasteiger charge is 2.08. The summed E-state index contributed by atoms with van der Waals surface area (Å²) in [7, 11) is 1.59. The first-order valence-corrected chi connectivity index (χ1v) is 4.53. The van der Waals surface area contributed by atoms with Crippen molar-refractivity contribution in [3.8, 4) is 0 Å². The fourth-order valence-electron chi connectivity index (χ4n) is 1.37. The maximum atomic E-state index is 12.9. The van der Waals surface area contributed by atoms with E-state index >= 15 is 0 Å². The second-order valence-electron chi connectivity index (χ2n) is 3.21. The van der Waals surface area contributed by atoms with Crippen LogP contribution < -0.4 is 0 Å². The van der Waals surface area contributed by atoms with E-state index in [-0.39, 0.29) is 0 Å². The van der Waals surface area contributed by atoms with Crippen LogP contribution in [0.4, 0.5) is 8.78 Å². The third-order valence-electron chi connectivity index (χ3n) is 2.12. The first kappa shape index (κ1) is 10.0. The van der Waals surface area contributed by atoms with E-state index in [0.29, 0.717) is 29.9 Å². The lowest BCUT2D eigenvalue weighted by Gasteiger charge is -1.92. The summed E-state index contributed by atoms with van der Waals surface area (Å²) in [6.07, 6.45) is 0.592. The van der Waals surface area contributed by atoms with Gasteiger partial charge in [-0.05, 0) is 0 Å². The van der Waals surface area contributed by atoms with Crippen LogP contribution in [0.1, 0.15) is 5.82 Å². The van der Waals surface area contributed by atoms with E-state index < -0.39 is 11.6 Å². The molecule has 0 saturated heterocycles. The maximum Gasteiger partial charge on any atom is 0.161 e. The van der Waals surface area contributed by atoms with Gasteiger partial charge in [0.15, 0.2) is 11.6 Å². The van der Waals surface area contributed by atoms with E-state index in [9.17, 15) is 8.78 Å². The molecule has 80 valence electrons. The number of ether oxygens (including phenoxy) is 1. The average molecular weight is 212 g/mol. The number of H-pyrrole nitrogens is 1. The van der Waals surface area contributed by atoms with E-state index in [1.165, 1.54) is 0 Å². The van der Waals surface area contributed by atoms with Crippen molar-refractivity contribution in [3.63, 3.8) is 0 Å². The molecule has 0 aliphatic rings. The van der Waals surface area contributed by atoms with Gasteiger partial charge in [-0.3, -0.25) is 0 Å². The lowest BCUT2D eigenvalue weighted by atomic mass is 10.3. The summed E-state index contributed by atoms with van der Waals surface area (Å²) in [6.45, 7) is 0.519. The Bertz CT molecular complexity index is 442. The van der Waals surface area contributed by atoms with Gasteiger partial charge in [-0.25, -0.2) is 13.8 Å². The fraction of sp³-hybridized carbons (Fsp3) is 0.300. The van der Waals surface area contributed by atoms with Crippen LogP contribution in [0.25, 0.3) is 11.0 Å². The zero-order chi connectivity index (χ0) is 10.8. The van der Waals surface area contributed by atoms with Crippen molar-refractivity contribution in [1.29, 1.82) is 0 Å². The Morgan fingerprint density at radius 1 is 1.33 bits per heavy atom. The summed E-state index contributed by atoms with van der Waals surface area (Å²) in [6, 6.07) is 2.19. The maximum absolute atomic E-state index is 12.9. The molecule has 0 aliphatic heterocycles. The summed E-state index contributed by atoms with van der Waals surface area (Å²) < 4.78 is 30.6. The highest BCUT2D eigenvalue weighted by Crippen LogP contribution is 2.16. The number of nitrogens with zero attached hydrogens (tertiary/aromatic N) is 1. The molecule has 1 heterocycles. The molecular weight excluding hydrogens is 202 g/mol. The van der Waals surface area contributed by atoms with Crippen LogP contribution >= 0.6 is 0 Å². The lowest BCUT2D eigenvalue weighted by Crippen LogP contribution is -1.95. The molecule has 0 spiro atoms. The standard InChI is InChI=1S/C10H10F2N2O/c1-15-3-2-10-13-8-4-6(11)7(12)5-9(8)14-10/h4-5H,2-3H2,1H3,(H,13,14). The largest absolute Gasteiger partial charge is 0.384 e. The molecule has 0 saturated carbocycles. The Kier molecular flexibility index (Phi) is 2.64. The topological polar surface area (TPSA) is 37.9 Å². The van der Waals surface area contributed by atoms with E-state index in [4.69, 9.17) is 4.74 Å². The number of imidazole rings is 1. The normalized spacial score (nSPS) is 11.1. The van der Waals surface area contributed by atoms with Gasteiger partial charge in [-0.15, -0.1) is 0 Å². The third-order valence-corrected chi connectivity index (χ3v) is 2.12. The first-order chi connectivity index (χ1) is 7.20. The van der Waals surface area contributed by atoms with Gasteiger partial charge >= 0.3 is 0 Å². The van der Waals surface area contributed by atoms with E-state index in [1.54, 1.807) is 7.11 Å². The monoisotopic (exact) mass is 212 g/mol. The van der Waals surface area contributed by atoms with Gasteiger partial charge in [0.25, 0.3) is 0 Å². The first-order valence-electron chi connectivity index (χ1n) is 4.53. The molecule has 2 rings (SSSR count). The average Bonchev–Trinajstić information content (AvgIpc) is 2.58. The predicted octanol–water partition coefficient (Wildman–Crippen LogP) is 2.03. The Hall–Kier alpha value is -1.49. The predicted molar refractivity (Wildman–Crippen MR) is 51.6 cm³/mol. The highest BCUT2D eigenvalue weighted by molar-refractivity contribution is 5.75. The van der Waals surface area contributed by atoms with Crippen molar-refractivity contribution in [2.75, 3.05) is 13.7 Å². The van der Waals surface area contributed by atoms with Crippen molar-refractivity contribution in [3.05, 3.63) is 29.6 Å². The molecule has 0 atom stereocenters. The molecule has 15 heavy (non-hydrogen) atoms. The summed E-state index contributed by atoms with van der Waals surface area (Å²) in [4.78, 5) is 7.01. The van der Waals surface area contributed by atoms with Crippen molar-refractivity contribution < 1.29 is 13.5 Å². The van der Waals surface area contributed by atoms with Crippen LogP contribution in [0.2, 0.25) is 0 Å². The number of hydrogen-bond donors (Lipinski definition) is 1. The number of benzene rings is 1. The molecule has 0 aliphatic carbocycles. The molecule has 0 amide bonds. The minimum absolute atomic E-state index is 0.431. The molecule has 5 heteroatoms. The second-order valence-corrected chi connectivity index (χ2v) is 3.21. The van der Waals surface area contributed by atoms with Crippen LogP contribution in [0.3, 0.4) is 0 Å². The molecule has 0 bridgehead atoms. The van der Waals surface area contributed by atoms with Gasteiger partial charge in [0.2, 0.25) is 0 Å². The van der Waals surface area contributed by atoms with Gasteiger partial charge in [0.05, 0.1) is 17.6 Å². The number of halogens is 2. The van der Waals surface area contributed by atoms with Crippen molar-refractivity contribution >= 4 is 11.0 Å². The number of aromatic nitrogens is 2. The lowest BCUT2D eigenvalue weighted by molar-refractivity contribution is 0.201. The summed E-state index contributed by atoms with van der Waals surface area (Å²) in [5, 5.41) is 0. The number of fused-ring (bicyclic) bond motifs is 1. The Morgan fingerprint density at radius 3 is 2.80 bits per heavy atom. The van der Waals surface area contributed by atoms with Crippen LogP contribution in [-0.2, 0) is 11.2 Å². The summed E-state index contributed by atoms with van der Waals surface area (Å²) in [5.41, 5.74) is 0.931. The fourth-order valence-corrected chi connectivity index (χ4v) is 1.37. The van der Waals surface area contributed by atoms with Gasteiger partial charge in [-0.2, -0.15) is 0 Å². The van der Waals surface area contributed by atoms with Crippen LogP contribution in [0, 0.1) is 11.6 Å². The Labute approximate surface area is 85.1 Å². The Balaban J connectivity index is 2.38. The molecule has 0 fully saturated rings. The SMILES string of the molecule is COCCc1nc2cc(F)c(F)cc2[nH]1. The van der Waals surface area contributed by atoms with Gasteiger partial charge < -0.3 is 9.72 Å². The van der Waals surface area contributed by atoms with E-state index in [1.807, 2.05) is 0 Å². The molecule has 3 nitrogen and oxygen atoms in total. The van der Waals surface area contributed by atoms with Gasteiger partial charge in [0, 0.05) is 25.7 Å². The number of methoxy groups -OCH3 is 1. The zero-order valence-electron chi connectivity index (χ0n) is 8.18. The second kappa shape index (κ2) is 3.94. The van der Waals surface area contributed by atoms with Crippen molar-refractivity contribution in [2.45, 2.75) is 6.42 Å². The smallest absolute Gasteiger partial charge is 0.161 e. The molecule has 1 aromatic carbocycles. The van der Waals surface area contributed by atoms with E-state index in [0.717, 1.165) is 12.1 Å². The molecular formula is C10H10F2N2O. The number of aromatic amines is 1. The van der Waals surface area contributed by atoms with Crippen molar-refractivity contribution in [1.82, 2.24) is 9.97 Å². The molecule has 1 N–H and O–H groups in total. The van der Waals surface area contributed by atoms with Crippen LogP contribution in [0.15, 0.2) is 12.1 Å². The summed E-state index contributed by atoms with van der Waals surface area (Å²) in [5.74, 6) is -1.09.